The van der Waals surface area contributed by atoms with Crippen molar-refractivity contribution < 1.29 is 12.6 Å². The van der Waals surface area contributed by atoms with Crippen molar-refractivity contribution in [3.8, 4) is 0 Å². The van der Waals surface area contributed by atoms with Crippen LogP contribution in [0.5, 0.6) is 0 Å². The second-order valence-corrected chi connectivity index (χ2v) is 4.65. The van der Waals surface area contributed by atoms with E-state index < -0.39 is 10.3 Å². The van der Waals surface area contributed by atoms with Crippen LogP contribution in [0.4, 0.5) is 11.4 Å². The van der Waals surface area contributed by atoms with Gasteiger partial charge < -0.3 is 5.73 Å². The topological polar surface area (TPSA) is 72.6 Å². The van der Waals surface area contributed by atoms with Crippen LogP contribution in [0.15, 0.2) is 24.3 Å². The van der Waals surface area contributed by atoms with E-state index in [-0.39, 0.29) is 6.61 Å². The third-order valence-corrected chi connectivity index (χ3v) is 3.55. The Kier molecular flexibility index (Phi) is 4.14. The molecule has 0 saturated heterocycles. The molecule has 0 spiro atoms. The zero-order valence-corrected chi connectivity index (χ0v) is 10.2. The van der Waals surface area contributed by atoms with E-state index in [0.29, 0.717) is 17.9 Å². The molecule has 0 aromatic heterocycles. The number of benzene rings is 1. The Morgan fingerprint density at radius 2 is 1.81 bits per heavy atom. The van der Waals surface area contributed by atoms with E-state index in [1.165, 1.54) is 4.31 Å². The van der Waals surface area contributed by atoms with Crippen molar-refractivity contribution >= 4 is 21.7 Å². The minimum atomic E-state index is -3.70. The Morgan fingerprint density at radius 3 is 2.25 bits per heavy atom. The molecule has 0 fully saturated rings. The lowest BCUT2D eigenvalue weighted by atomic mass is 10.3. The van der Waals surface area contributed by atoms with Crippen molar-refractivity contribution in [2.75, 3.05) is 23.2 Å². The van der Waals surface area contributed by atoms with Gasteiger partial charge in [-0.2, -0.15) is 8.42 Å². The molecule has 0 aliphatic rings. The molecule has 0 heterocycles. The highest BCUT2D eigenvalue weighted by molar-refractivity contribution is 7.88. The molecule has 0 atom stereocenters. The average molecular weight is 244 g/mol. The highest BCUT2D eigenvalue weighted by Crippen LogP contribution is 2.19. The maximum absolute atomic E-state index is 11.7. The molecule has 0 amide bonds. The van der Waals surface area contributed by atoms with Crippen molar-refractivity contribution in [2.24, 2.45) is 0 Å². The highest BCUT2D eigenvalue weighted by atomic mass is 32.2. The van der Waals surface area contributed by atoms with E-state index in [1.807, 2.05) is 0 Å². The van der Waals surface area contributed by atoms with Crippen molar-refractivity contribution in [3.63, 3.8) is 0 Å². The van der Waals surface area contributed by atoms with Gasteiger partial charge in [0, 0.05) is 12.2 Å². The molecule has 0 aliphatic heterocycles. The quantitative estimate of drug-likeness (QED) is 0.794. The SMILES string of the molecule is CCOS(=O)(=O)N(CC)c1ccc(N)cc1. The summed E-state index contributed by atoms with van der Waals surface area (Å²) in [6, 6.07) is 6.60. The van der Waals surface area contributed by atoms with Gasteiger partial charge in [-0.25, -0.2) is 4.31 Å². The molecule has 0 unspecified atom stereocenters. The number of nitrogens with two attached hydrogens (primary N) is 1. The van der Waals surface area contributed by atoms with Gasteiger partial charge in [0.25, 0.3) is 0 Å². The lowest BCUT2D eigenvalue weighted by molar-refractivity contribution is 0.336. The first kappa shape index (κ1) is 12.8. The van der Waals surface area contributed by atoms with Crippen molar-refractivity contribution in [3.05, 3.63) is 24.3 Å². The van der Waals surface area contributed by atoms with Gasteiger partial charge >= 0.3 is 10.3 Å². The van der Waals surface area contributed by atoms with E-state index in [4.69, 9.17) is 9.92 Å². The molecule has 1 aromatic rings. The fourth-order valence-corrected chi connectivity index (χ4v) is 2.44. The molecule has 0 bridgehead atoms. The van der Waals surface area contributed by atoms with Crippen LogP contribution in [0, 0.1) is 0 Å². The zero-order valence-electron chi connectivity index (χ0n) is 9.38. The Bertz CT molecular complexity index is 428. The van der Waals surface area contributed by atoms with Crippen LogP contribution in [0.25, 0.3) is 0 Å². The standard InChI is InChI=1S/C10H16N2O3S/c1-3-12(16(13,14)15-4-2)10-7-5-9(11)6-8-10/h5-8H,3-4,11H2,1-2H3. The third kappa shape index (κ3) is 2.86. The average Bonchev–Trinajstić information content (AvgIpc) is 2.21. The van der Waals surface area contributed by atoms with Crippen molar-refractivity contribution in [1.82, 2.24) is 0 Å². The summed E-state index contributed by atoms with van der Waals surface area (Å²) in [5.41, 5.74) is 6.67. The van der Waals surface area contributed by atoms with Crippen LogP contribution in [0.1, 0.15) is 13.8 Å². The van der Waals surface area contributed by atoms with Gasteiger partial charge in [-0.3, -0.25) is 4.18 Å². The summed E-state index contributed by atoms with van der Waals surface area (Å²) >= 11 is 0. The Hall–Kier alpha value is -1.27. The molecular formula is C10H16N2O3S. The first-order chi connectivity index (χ1) is 7.51. The molecule has 16 heavy (non-hydrogen) atoms. The summed E-state index contributed by atoms with van der Waals surface area (Å²) in [6.45, 7) is 3.81. The number of hydrogen-bond donors (Lipinski definition) is 1. The first-order valence-corrected chi connectivity index (χ1v) is 6.40. The summed E-state index contributed by atoms with van der Waals surface area (Å²) < 4.78 is 29.4. The monoisotopic (exact) mass is 244 g/mol. The summed E-state index contributed by atoms with van der Waals surface area (Å²) in [7, 11) is -3.70. The minimum absolute atomic E-state index is 0.119. The zero-order chi connectivity index (χ0) is 12.2. The predicted molar refractivity (Wildman–Crippen MR) is 64.4 cm³/mol. The third-order valence-electron chi connectivity index (χ3n) is 2.00. The minimum Gasteiger partial charge on any atom is -0.399 e. The summed E-state index contributed by atoms with van der Waals surface area (Å²) in [6.07, 6.45) is 0. The highest BCUT2D eigenvalue weighted by Gasteiger charge is 2.20. The van der Waals surface area contributed by atoms with E-state index in [1.54, 1.807) is 38.1 Å². The van der Waals surface area contributed by atoms with Crippen LogP contribution in [0.2, 0.25) is 0 Å². The Labute approximate surface area is 96.1 Å². The van der Waals surface area contributed by atoms with Gasteiger partial charge in [-0.15, -0.1) is 0 Å². The van der Waals surface area contributed by atoms with Gasteiger partial charge in [-0.05, 0) is 38.1 Å². The van der Waals surface area contributed by atoms with Crippen LogP contribution in [0.3, 0.4) is 0 Å². The molecule has 2 N–H and O–H groups in total. The van der Waals surface area contributed by atoms with Crippen LogP contribution in [-0.2, 0) is 14.5 Å². The van der Waals surface area contributed by atoms with Crippen LogP contribution < -0.4 is 10.0 Å². The normalized spacial score (nSPS) is 11.4. The van der Waals surface area contributed by atoms with Crippen LogP contribution >= 0.6 is 0 Å². The van der Waals surface area contributed by atoms with Gasteiger partial charge in [0.1, 0.15) is 0 Å². The number of rotatable bonds is 5. The molecule has 1 rings (SSSR count). The lowest BCUT2D eigenvalue weighted by Gasteiger charge is -2.21. The largest absolute Gasteiger partial charge is 0.399 e. The molecule has 0 radical (unpaired) electrons. The molecule has 1 aromatic carbocycles. The maximum Gasteiger partial charge on any atom is 0.362 e. The lowest BCUT2D eigenvalue weighted by Crippen LogP contribution is -2.32. The number of nitrogens with zero attached hydrogens (tertiary/aromatic N) is 1. The van der Waals surface area contributed by atoms with Crippen molar-refractivity contribution in [2.45, 2.75) is 13.8 Å². The smallest absolute Gasteiger partial charge is 0.362 e. The summed E-state index contributed by atoms with van der Waals surface area (Å²) in [5, 5.41) is 0. The van der Waals surface area contributed by atoms with Gasteiger partial charge in [0.2, 0.25) is 0 Å². The van der Waals surface area contributed by atoms with Crippen molar-refractivity contribution in [1.29, 1.82) is 0 Å². The van der Waals surface area contributed by atoms with E-state index >= 15 is 0 Å². The molecule has 90 valence electrons. The molecule has 0 saturated carbocycles. The van der Waals surface area contributed by atoms with Gasteiger partial charge in [0.15, 0.2) is 0 Å². The fraction of sp³-hybridized carbons (Fsp3) is 0.400. The number of nitrogen functional groups attached to an aromatic ring is 1. The van der Waals surface area contributed by atoms with E-state index in [2.05, 4.69) is 0 Å². The maximum atomic E-state index is 11.7. The summed E-state index contributed by atoms with van der Waals surface area (Å²) in [5.74, 6) is 0. The second kappa shape index (κ2) is 5.18. The molecule has 6 heteroatoms. The summed E-state index contributed by atoms with van der Waals surface area (Å²) in [4.78, 5) is 0. The van der Waals surface area contributed by atoms with E-state index in [9.17, 15) is 8.42 Å². The molecular weight excluding hydrogens is 228 g/mol. The van der Waals surface area contributed by atoms with Gasteiger partial charge in [-0.1, -0.05) is 0 Å². The number of hydrogen-bond acceptors (Lipinski definition) is 4. The van der Waals surface area contributed by atoms with Gasteiger partial charge in [0.05, 0.1) is 12.3 Å². The predicted octanol–water partition coefficient (Wildman–Crippen LogP) is 1.38. The number of anilines is 2. The Balaban J connectivity index is 3.03. The first-order valence-electron chi connectivity index (χ1n) is 5.04. The fourth-order valence-electron chi connectivity index (χ4n) is 1.32. The second-order valence-electron chi connectivity index (χ2n) is 3.12. The molecule has 0 aliphatic carbocycles. The molecule has 5 nitrogen and oxygen atoms in total. The van der Waals surface area contributed by atoms with E-state index in [0.717, 1.165) is 0 Å². The van der Waals surface area contributed by atoms with Crippen LogP contribution in [-0.4, -0.2) is 21.6 Å². The Morgan fingerprint density at radius 1 is 1.25 bits per heavy atom.